The van der Waals surface area contributed by atoms with Gasteiger partial charge in [0.05, 0.1) is 6.54 Å². The van der Waals surface area contributed by atoms with Crippen molar-refractivity contribution in [2.45, 2.75) is 137 Å². The largest absolute Gasteiger partial charge is 0.456 e. The summed E-state index contributed by atoms with van der Waals surface area (Å²) in [5, 5.41) is 8.55. The van der Waals surface area contributed by atoms with E-state index >= 15 is 0 Å². The summed E-state index contributed by atoms with van der Waals surface area (Å²) in [6, 6.07) is 1.65. The highest BCUT2D eigenvalue weighted by molar-refractivity contribution is 6.30. The topological polar surface area (TPSA) is 207 Å². The van der Waals surface area contributed by atoms with E-state index in [0.29, 0.717) is 17.0 Å². The summed E-state index contributed by atoms with van der Waals surface area (Å²) in [5.41, 5.74) is 8.19. The van der Waals surface area contributed by atoms with Crippen LogP contribution in [0.5, 0.6) is 0 Å². The molecule has 5 N–H and O–H groups in total. The molecule has 15 nitrogen and oxygen atoms in total. The zero-order valence-electron chi connectivity index (χ0n) is 37.3. The average molecular weight is 860 g/mol. The van der Waals surface area contributed by atoms with Crippen LogP contribution in [0.25, 0.3) is 0 Å². The van der Waals surface area contributed by atoms with Crippen LogP contribution in [0.4, 0.5) is 0 Å². The van der Waals surface area contributed by atoms with Crippen molar-refractivity contribution in [3.8, 4) is 0 Å². The zero-order valence-corrected chi connectivity index (χ0v) is 38.1. The van der Waals surface area contributed by atoms with Crippen molar-refractivity contribution in [3.05, 3.63) is 58.1 Å². The van der Waals surface area contributed by atoms with E-state index in [2.05, 4.69) is 16.0 Å². The molecule has 1 aromatic carbocycles. The number of carbonyl (C=O) groups is 7. The van der Waals surface area contributed by atoms with E-state index in [1.807, 2.05) is 27.7 Å². The Morgan fingerprint density at radius 3 is 2.08 bits per heavy atom. The third kappa shape index (κ3) is 15.1. The van der Waals surface area contributed by atoms with Crippen LogP contribution >= 0.6 is 11.6 Å². The van der Waals surface area contributed by atoms with Gasteiger partial charge in [-0.2, -0.15) is 0 Å². The molecule has 5 amide bonds. The highest BCUT2D eigenvalue weighted by atomic mass is 35.5. The number of hydrogen-bond acceptors (Lipinski definition) is 10. The highest BCUT2D eigenvalue weighted by Gasteiger charge is 2.36. The van der Waals surface area contributed by atoms with Crippen LogP contribution in [-0.4, -0.2) is 114 Å². The molecule has 0 aliphatic carbocycles. The molecule has 1 unspecified atom stereocenters. The van der Waals surface area contributed by atoms with Crippen LogP contribution in [0.2, 0.25) is 5.02 Å². The van der Waals surface area contributed by atoms with Gasteiger partial charge >= 0.3 is 11.9 Å². The predicted octanol–water partition coefficient (Wildman–Crippen LogP) is 3.86. The molecular formula is C44H67ClN6O9. The zero-order chi connectivity index (χ0) is 45.6. The molecule has 334 valence electrons. The first-order valence-electron chi connectivity index (χ1n) is 20.6. The maximum absolute atomic E-state index is 14.2. The number of halogens is 1. The number of ether oxygens (including phenoxy) is 2. The maximum Gasteiger partial charge on any atom is 0.334 e. The van der Waals surface area contributed by atoms with Gasteiger partial charge in [0.1, 0.15) is 30.3 Å². The number of nitrogens with two attached hydrogens (primary N) is 1. The summed E-state index contributed by atoms with van der Waals surface area (Å²) in [6.45, 7) is 16.8. The normalized spacial score (nSPS) is 28.6. The summed E-state index contributed by atoms with van der Waals surface area (Å²) < 4.78 is 11.6. The molecule has 1 heterocycles. The van der Waals surface area contributed by atoms with E-state index in [1.54, 1.807) is 64.1 Å². The molecule has 9 atom stereocenters. The Morgan fingerprint density at radius 1 is 0.917 bits per heavy atom. The van der Waals surface area contributed by atoms with Gasteiger partial charge < -0.3 is 41.0 Å². The van der Waals surface area contributed by atoms with Gasteiger partial charge in [0, 0.05) is 43.1 Å². The fourth-order valence-electron chi connectivity index (χ4n) is 6.59. The Kier molecular flexibility index (Phi) is 20.4. The Bertz CT molecular complexity index is 1750. The fraction of sp³-hybridized carbons (Fsp3) is 0.614. The molecule has 60 heavy (non-hydrogen) atoms. The molecule has 0 radical (unpaired) electrons. The van der Waals surface area contributed by atoms with Crippen molar-refractivity contribution in [2.24, 2.45) is 23.5 Å². The minimum Gasteiger partial charge on any atom is -0.456 e. The van der Waals surface area contributed by atoms with E-state index < -0.39 is 96.4 Å². The van der Waals surface area contributed by atoms with Gasteiger partial charge in [-0.05, 0) is 82.6 Å². The molecule has 1 aliphatic rings. The Morgan fingerprint density at radius 2 is 1.52 bits per heavy atom. The van der Waals surface area contributed by atoms with Crippen molar-refractivity contribution >= 4 is 53.1 Å². The minimum atomic E-state index is -1.24. The quantitative estimate of drug-likeness (QED) is 0.230. The molecule has 0 bridgehead atoms. The molecule has 0 aromatic heterocycles. The second-order valence-corrected chi connectivity index (χ2v) is 16.9. The summed E-state index contributed by atoms with van der Waals surface area (Å²) in [4.78, 5) is 98.3. The second kappa shape index (κ2) is 23.9. The first-order valence-corrected chi connectivity index (χ1v) is 21.0. The van der Waals surface area contributed by atoms with Gasteiger partial charge in [-0.15, -0.1) is 0 Å². The lowest BCUT2D eigenvalue weighted by atomic mass is 9.89. The molecular weight excluding hydrogens is 792 g/mol. The Hall–Kier alpha value is -4.76. The number of nitrogens with zero attached hydrogens (tertiary/aromatic N) is 2. The number of esters is 2. The van der Waals surface area contributed by atoms with Crippen LogP contribution in [0.15, 0.2) is 47.6 Å². The second-order valence-electron chi connectivity index (χ2n) is 16.4. The number of likely N-dealkylation sites (N-methyl/N-ethyl adjacent to an activating group) is 2. The first kappa shape index (κ1) is 51.4. The number of benzene rings is 1. The van der Waals surface area contributed by atoms with Crippen molar-refractivity contribution in [2.75, 3.05) is 20.6 Å². The lowest BCUT2D eigenvalue weighted by Crippen LogP contribution is -2.57. The molecule has 16 heteroatoms. The van der Waals surface area contributed by atoms with Crippen LogP contribution in [-0.2, 0) is 49.5 Å². The number of nitrogens with one attached hydrogen (secondary N) is 3. The van der Waals surface area contributed by atoms with Crippen LogP contribution in [0.3, 0.4) is 0 Å². The van der Waals surface area contributed by atoms with Crippen molar-refractivity contribution in [1.82, 2.24) is 25.8 Å². The van der Waals surface area contributed by atoms with E-state index in [9.17, 15) is 33.6 Å². The van der Waals surface area contributed by atoms with Gasteiger partial charge in [-0.3, -0.25) is 24.0 Å². The minimum absolute atomic E-state index is 0.0345. The Balaban J connectivity index is 2.63. The smallest absolute Gasteiger partial charge is 0.334 e. The van der Waals surface area contributed by atoms with Crippen molar-refractivity contribution < 1.29 is 43.0 Å². The van der Waals surface area contributed by atoms with E-state index in [0.717, 1.165) is 10.5 Å². The lowest BCUT2D eigenvalue weighted by Gasteiger charge is -2.33. The van der Waals surface area contributed by atoms with E-state index in [1.165, 1.54) is 32.8 Å². The molecule has 2 rings (SSSR count). The summed E-state index contributed by atoms with van der Waals surface area (Å²) in [5.74, 6) is -5.52. The summed E-state index contributed by atoms with van der Waals surface area (Å²) in [7, 11) is 2.83. The van der Waals surface area contributed by atoms with Crippen LogP contribution in [0.1, 0.15) is 94.1 Å². The first-order chi connectivity index (χ1) is 28.0. The third-order valence-corrected chi connectivity index (χ3v) is 11.3. The van der Waals surface area contributed by atoms with Gasteiger partial charge in [0.2, 0.25) is 23.6 Å². The standard InChI is InChI=1S/C44H67ClN6O9/c1-13-25(5)37-40(54)48-30(10)44(58)60-38(26(6)14-2)28(8)33(46)20-15-27(7)43(57)59-35(21-24(3)4)39(53)47-29(9)41(55)51(12)34(22-31-16-18-32(45)19-17-31)42(56)50(11)23-36(52)49-37/h14-19,24-25,28-30,33-35,37-38H,13,20-23,46H2,1-12H3,(H,47,53)(H,48,54)(H,49,52)/b26-14+,27-15+/t25?,28-,29-,30+,33-,34+,35+,37-,38+/m0/s1. The van der Waals surface area contributed by atoms with Crippen molar-refractivity contribution in [3.63, 3.8) is 0 Å². The number of rotatable bonds is 7. The van der Waals surface area contributed by atoms with Gasteiger partial charge in [0.25, 0.3) is 5.91 Å². The van der Waals surface area contributed by atoms with Gasteiger partial charge in [0.15, 0.2) is 6.10 Å². The Labute approximate surface area is 360 Å². The number of allylic oxidation sites excluding steroid dienone is 1. The SMILES string of the molecule is C/C=C(\C)[C@H]1OC(=O)[C@@H](C)NC(=O)[C@H](C(C)CC)NC(=O)CN(C)C(=O)[C@@H](Cc2ccc(Cl)cc2)N(C)C(=O)[C@H](C)NC(=O)[C@@H](CC(C)C)OC(=O)/C(C)=C/C[C@H](N)[C@@H]1C. The number of carbonyl (C=O) groups excluding carboxylic acids is 7. The lowest BCUT2D eigenvalue weighted by molar-refractivity contribution is -0.154. The summed E-state index contributed by atoms with van der Waals surface area (Å²) in [6.07, 6.45) is 2.27. The molecule has 0 fully saturated rings. The van der Waals surface area contributed by atoms with Gasteiger partial charge in [-0.25, -0.2) is 9.59 Å². The van der Waals surface area contributed by atoms with E-state index in [-0.39, 0.29) is 36.7 Å². The van der Waals surface area contributed by atoms with E-state index in [4.69, 9.17) is 26.8 Å². The number of amides is 5. The summed E-state index contributed by atoms with van der Waals surface area (Å²) >= 11 is 6.12. The maximum atomic E-state index is 14.2. The average Bonchev–Trinajstić information content (AvgIpc) is 3.20. The van der Waals surface area contributed by atoms with Gasteiger partial charge in [-0.1, -0.05) is 76.9 Å². The van der Waals surface area contributed by atoms with Crippen molar-refractivity contribution in [1.29, 1.82) is 0 Å². The third-order valence-electron chi connectivity index (χ3n) is 11.0. The van der Waals surface area contributed by atoms with Crippen LogP contribution < -0.4 is 21.7 Å². The molecule has 0 saturated carbocycles. The fourth-order valence-corrected chi connectivity index (χ4v) is 6.72. The van der Waals surface area contributed by atoms with Crippen LogP contribution in [0, 0.1) is 17.8 Å². The molecule has 1 aromatic rings. The number of cyclic esters (lactones) is 2. The predicted molar refractivity (Wildman–Crippen MR) is 230 cm³/mol. The number of hydrogen-bond donors (Lipinski definition) is 4. The molecule has 0 spiro atoms. The highest BCUT2D eigenvalue weighted by Crippen LogP contribution is 2.23. The molecule has 0 saturated heterocycles. The monoisotopic (exact) mass is 858 g/mol. The molecule has 1 aliphatic heterocycles.